The largest absolute Gasteiger partial charge is 0.465 e. The summed E-state index contributed by atoms with van der Waals surface area (Å²) in [6.07, 6.45) is -4.92. The molecule has 3 N–H and O–H groups in total. The molecule has 2 rings (SSSR count). The summed E-state index contributed by atoms with van der Waals surface area (Å²) in [5, 5.41) is 8.67. The average Bonchev–Trinajstić information content (AvgIpc) is 2.40. The van der Waals surface area contributed by atoms with Crippen LogP contribution in [0.4, 0.5) is 23.7 Å². The molecular formula is C12H13ClF3N3O2. The fraction of sp³-hybridized carbons (Fsp3) is 0.500. The maximum absolute atomic E-state index is 12.8. The number of aromatic nitrogens is 1. The number of nitrogens with zero attached hydrogens (tertiary/aromatic N) is 2. The number of halogens is 4. The highest BCUT2D eigenvalue weighted by molar-refractivity contribution is 6.33. The molecule has 1 aromatic rings. The van der Waals surface area contributed by atoms with Crippen molar-refractivity contribution in [2.45, 2.75) is 24.9 Å². The van der Waals surface area contributed by atoms with Crippen LogP contribution in [0.15, 0.2) is 6.07 Å². The lowest BCUT2D eigenvalue weighted by Crippen LogP contribution is -2.37. The van der Waals surface area contributed by atoms with Crippen LogP contribution in [0.2, 0.25) is 5.02 Å². The van der Waals surface area contributed by atoms with Crippen molar-refractivity contribution < 1.29 is 23.1 Å². The second-order valence-corrected chi connectivity index (χ2v) is 5.24. The van der Waals surface area contributed by atoms with E-state index in [2.05, 4.69) is 4.98 Å². The average molecular weight is 324 g/mol. The molecule has 5 nitrogen and oxygen atoms in total. The van der Waals surface area contributed by atoms with Gasteiger partial charge < -0.3 is 15.7 Å². The number of hydrogen-bond acceptors (Lipinski definition) is 3. The third kappa shape index (κ3) is 3.31. The normalized spacial score (nSPS) is 17.0. The van der Waals surface area contributed by atoms with E-state index >= 15 is 0 Å². The van der Waals surface area contributed by atoms with Crippen LogP contribution in [0.5, 0.6) is 0 Å². The Bertz CT molecular complexity index is 557. The van der Waals surface area contributed by atoms with Crippen molar-refractivity contribution in [3.63, 3.8) is 0 Å². The molecule has 1 aromatic heterocycles. The van der Waals surface area contributed by atoms with Crippen LogP contribution in [0, 0.1) is 0 Å². The van der Waals surface area contributed by atoms with Gasteiger partial charge in [0.2, 0.25) is 0 Å². The van der Waals surface area contributed by atoms with Crippen LogP contribution in [0.3, 0.4) is 0 Å². The van der Waals surface area contributed by atoms with Gasteiger partial charge in [-0.25, -0.2) is 9.78 Å². The van der Waals surface area contributed by atoms with Gasteiger partial charge in [0.1, 0.15) is 5.69 Å². The van der Waals surface area contributed by atoms with Crippen molar-refractivity contribution in [3.05, 3.63) is 22.5 Å². The number of carboxylic acid groups (broad SMARTS) is 1. The van der Waals surface area contributed by atoms with Gasteiger partial charge >= 0.3 is 12.3 Å². The highest BCUT2D eigenvalue weighted by Crippen LogP contribution is 2.38. The summed E-state index contributed by atoms with van der Waals surface area (Å²) in [6, 6.07) is 0.701. The number of piperidine rings is 1. The first-order valence-corrected chi connectivity index (χ1v) is 6.59. The lowest BCUT2D eigenvalue weighted by molar-refractivity contribution is -0.141. The molecule has 1 saturated heterocycles. The van der Waals surface area contributed by atoms with Gasteiger partial charge in [-0.3, -0.25) is 0 Å². The fourth-order valence-electron chi connectivity index (χ4n) is 2.34. The number of carbonyl (C=O) groups is 1. The standard InChI is InChI=1S/C12H13ClF3N3O2/c13-7-5-8(12(14,15)16)18-10(9(7)17)6-1-3-19(4-2-6)11(20)21/h5-6H,1-4,17H2,(H,20,21). The van der Waals surface area contributed by atoms with E-state index in [-0.39, 0.29) is 35.4 Å². The quantitative estimate of drug-likeness (QED) is 0.831. The molecule has 0 saturated carbocycles. The number of nitrogen functional groups attached to an aromatic ring is 1. The molecule has 1 aliphatic heterocycles. The molecule has 21 heavy (non-hydrogen) atoms. The second kappa shape index (κ2) is 5.59. The zero-order chi connectivity index (χ0) is 15.8. The molecule has 0 bridgehead atoms. The third-order valence-electron chi connectivity index (χ3n) is 3.48. The molecule has 1 aliphatic rings. The number of amides is 1. The molecule has 0 aliphatic carbocycles. The summed E-state index contributed by atoms with van der Waals surface area (Å²) in [4.78, 5) is 15.6. The zero-order valence-electron chi connectivity index (χ0n) is 10.8. The molecular weight excluding hydrogens is 311 g/mol. The summed E-state index contributed by atoms with van der Waals surface area (Å²) in [6.45, 7) is 0.462. The highest BCUT2D eigenvalue weighted by Gasteiger charge is 2.35. The van der Waals surface area contributed by atoms with Crippen LogP contribution in [0.25, 0.3) is 0 Å². The molecule has 1 amide bonds. The van der Waals surface area contributed by atoms with Crippen molar-refractivity contribution in [2.24, 2.45) is 0 Å². The molecule has 0 spiro atoms. The van der Waals surface area contributed by atoms with E-state index in [0.717, 1.165) is 0 Å². The molecule has 0 radical (unpaired) electrons. The number of nitrogens with two attached hydrogens (primary N) is 1. The van der Waals surface area contributed by atoms with Gasteiger partial charge in [0.15, 0.2) is 0 Å². The molecule has 0 aromatic carbocycles. The van der Waals surface area contributed by atoms with Crippen molar-refractivity contribution in [1.82, 2.24) is 9.88 Å². The van der Waals surface area contributed by atoms with E-state index in [0.29, 0.717) is 18.9 Å². The summed E-state index contributed by atoms with van der Waals surface area (Å²) >= 11 is 5.75. The number of anilines is 1. The molecule has 9 heteroatoms. The summed E-state index contributed by atoms with van der Waals surface area (Å²) in [5.41, 5.74) is 4.77. The first-order chi connectivity index (χ1) is 9.70. The number of alkyl halides is 3. The number of hydrogen-bond donors (Lipinski definition) is 2. The maximum Gasteiger partial charge on any atom is 0.433 e. The Morgan fingerprint density at radius 1 is 1.43 bits per heavy atom. The first kappa shape index (κ1) is 15.7. The van der Waals surface area contributed by atoms with Gasteiger partial charge in [-0.05, 0) is 18.9 Å². The van der Waals surface area contributed by atoms with Crippen molar-refractivity contribution >= 4 is 23.4 Å². The minimum Gasteiger partial charge on any atom is -0.465 e. The smallest absolute Gasteiger partial charge is 0.433 e. The van der Waals surface area contributed by atoms with Crippen LogP contribution in [0.1, 0.15) is 30.1 Å². The predicted octanol–water partition coefficient (Wildman–Crippen LogP) is 3.19. The summed E-state index contributed by atoms with van der Waals surface area (Å²) in [5.74, 6) is -0.333. The molecule has 116 valence electrons. The minimum absolute atomic E-state index is 0.0263. The summed E-state index contributed by atoms with van der Waals surface area (Å²) < 4.78 is 38.3. The topological polar surface area (TPSA) is 79.5 Å². The van der Waals surface area contributed by atoms with Crippen LogP contribution < -0.4 is 5.73 Å². The van der Waals surface area contributed by atoms with E-state index in [1.54, 1.807) is 0 Å². The van der Waals surface area contributed by atoms with Crippen molar-refractivity contribution in [3.8, 4) is 0 Å². The first-order valence-electron chi connectivity index (χ1n) is 6.21. The van der Waals surface area contributed by atoms with Crippen LogP contribution >= 0.6 is 11.6 Å². The van der Waals surface area contributed by atoms with Crippen LogP contribution in [-0.4, -0.2) is 34.2 Å². The highest BCUT2D eigenvalue weighted by atomic mass is 35.5. The Morgan fingerprint density at radius 3 is 2.48 bits per heavy atom. The predicted molar refractivity (Wildman–Crippen MR) is 70.2 cm³/mol. The van der Waals surface area contributed by atoms with Gasteiger partial charge in [0, 0.05) is 19.0 Å². The van der Waals surface area contributed by atoms with Gasteiger partial charge in [0.25, 0.3) is 0 Å². The van der Waals surface area contributed by atoms with E-state index in [9.17, 15) is 18.0 Å². The number of likely N-dealkylation sites (tertiary alicyclic amines) is 1. The second-order valence-electron chi connectivity index (χ2n) is 4.83. The SMILES string of the molecule is Nc1c(Cl)cc(C(F)(F)F)nc1C1CCN(C(=O)O)CC1. The van der Waals surface area contributed by atoms with E-state index in [1.807, 2.05) is 0 Å². The fourth-order valence-corrected chi connectivity index (χ4v) is 2.54. The van der Waals surface area contributed by atoms with Crippen molar-refractivity contribution in [1.29, 1.82) is 0 Å². The van der Waals surface area contributed by atoms with Gasteiger partial charge in [-0.2, -0.15) is 13.2 Å². The van der Waals surface area contributed by atoms with Gasteiger partial charge in [0.05, 0.1) is 16.4 Å². The Morgan fingerprint density at radius 2 is 2.00 bits per heavy atom. The van der Waals surface area contributed by atoms with E-state index in [4.69, 9.17) is 22.4 Å². The monoisotopic (exact) mass is 323 g/mol. The van der Waals surface area contributed by atoms with Crippen molar-refractivity contribution in [2.75, 3.05) is 18.8 Å². The Labute approximate surface area is 123 Å². The Balaban J connectivity index is 2.28. The molecule has 0 atom stereocenters. The lowest BCUT2D eigenvalue weighted by Gasteiger charge is -2.30. The lowest BCUT2D eigenvalue weighted by atomic mass is 9.92. The van der Waals surface area contributed by atoms with Gasteiger partial charge in [-0.15, -0.1) is 0 Å². The Kier molecular flexibility index (Phi) is 4.18. The Hall–Kier alpha value is -1.70. The van der Waals surface area contributed by atoms with Gasteiger partial charge in [-0.1, -0.05) is 11.6 Å². The zero-order valence-corrected chi connectivity index (χ0v) is 11.6. The van der Waals surface area contributed by atoms with E-state index in [1.165, 1.54) is 4.90 Å². The summed E-state index contributed by atoms with van der Waals surface area (Å²) in [7, 11) is 0. The maximum atomic E-state index is 12.8. The molecule has 0 unspecified atom stereocenters. The number of rotatable bonds is 1. The molecule has 2 heterocycles. The minimum atomic E-state index is -4.60. The van der Waals surface area contributed by atoms with Crippen LogP contribution in [-0.2, 0) is 6.18 Å². The van der Waals surface area contributed by atoms with E-state index < -0.39 is 18.0 Å². The number of pyridine rings is 1. The third-order valence-corrected chi connectivity index (χ3v) is 3.79. The molecule has 1 fully saturated rings.